The van der Waals surface area contributed by atoms with Crippen LogP contribution < -0.4 is 0 Å². The maximum absolute atomic E-state index is 10.2. The van der Waals surface area contributed by atoms with Crippen molar-refractivity contribution in [3.63, 3.8) is 0 Å². The molecule has 3 rings (SSSR count). The van der Waals surface area contributed by atoms with Crippen molar-refractivity contribution in [3.8, 4) is 18.2 Å². The van der Waals surface area contributed by atoms with Gasteiger partial charge in [0, 0.05) is 10.6 Å². The summed E-state index contributed by atoms with van der Waals surface area (Å²) in [6.45, 7) is 3.87. The van der Waals surface area contributed by atoms with Crippen LogP contribution in [-0.2, 0) is 15.3 Å². The summed E-state index contributed by atoms with van der Waals surface area (Å²) in [5, 5.41) is 39.7. The fraction of sp³-hybridized carbons (Fsp3) is 0.583. The topological polar surface area (TPSA) is 114 Å². The molecule has 2 aliphatic heterocycles. The summed E-state index contributed by atoms with van der Waals surface area (Å²) < 4.78 is 12.4. The number of ether oxygens (including phenoxy) is 2. The third-order valence-corrected chi connectivity index (χ3v) is 7.10. The summed E-state index contributed by atoms with van der Waals surface area (Å²) in [7, 11) is 0. The quantitative estimate of drug-likeness (QED) is 0.513. The largest absolute Gasteiger partial charge is 0.443 e. The van der Waals surface area contributed by atoms with Crippen LogP contribution >= 0.6 is 11.6 Å². The van der Waals surface area contributed by atoms with Gasteiger partial charge in [-0.3, -0.25) is 5.41 Å². The second-order valence-electron chi connectivity index (χ2n) is 8.44. The molecule has 1 aromatic carbocycles. The second kappa shape index (κ2) is 8.88. The van der Waals surface area contributed by atoms with Crippen LogP contribution in [-0.4, -0.2) is 12.0 Å². The van der Waals surface area contributed by atoms with E-state index in [4.69, 9.17) is 26.5 Å². The Morgan fingerprint density at radius 1 is 1.00 bits per heavy atom. The summed E-state index contributed by atoms with van der Waals surface area (Å²) in [6, 6.07) is 13.2. The zero-order chi connectivity index (χ0) is 22.7. The standard InChI is InChI=1S/C24H27ClN4O2/c1-3-4-5-6-7-8-9-20-22(14-26,15-27)23(16-28)17(2)24(30-20,31-21(23)29)18-10-12-19(25)13-11-18/h10-13,17,20,29H,3-9H2,1-2H3. The van der Waals surface area contributed by atoms with Crippen LogP contribution in [0.1, 0.15) is 64.4 Å². The van der Waals surface area contributed by atoms with Crippen molar-refractivity contribution in [2.45, 2.75) is 70.7 Å². The molecule has 2 fully saturated rings. The first-order chi connectivity index (χ1) is 14.9. The van der Waals surface area contributed by atoms with E-state index in [-0.39, 0.29) is 5.90 Å². The molecule has 31 heavy (non-hydrogen) atoms. The van der Waals surface area contributed by atoms with Crippen molar-refractivity contribution < 1.29 is 9.47 Å². The minimum absolute atomic E-state index is 0.383. The SMILES string of the molecule is CCCCCCCCC1OC2(c3ccc(Cl)cc3)OC(=N)C(C#N)(C2C)C1(C#N)C#N. The number of nitrogens with zero attached hydrogens (tertiary/aromatic N) is 3. The molecule has 6 nitrogen and oxygen atoms in total. The number of benzene rings is 1. The molecule has 0 saturated carbocycles. The van der Waals surface area contributed by atoms with Crippen molar-refractivity contribution in [2.75, 3.05) is 0 Å². The number of hydrogen-bond donors (Lipinski definition) is 1. The number of halogens is 1. The van der Waals surface area contributed by atoms with Crippen LogP contribution in [0.15, 0.2) is 24.3 Å². The van der Waals surface area contributed by atoms with E-state index in [1.165, 1.54) is 6.42 Å². The number of rotatable bonds is 8. The summed E-state index contributed by atoms with van der Waals surface area (Å²) in [4.78, 5) is 0. The van der Waals surface area contributed by atoms with Gasteiger partial charge in [-0.25, -0.2) is 0 Å². The van der Waals surface area contributed by atoms with Crippen molar-refractivity contribution in [2.24, 2.45) is 16.7 Å². The molecule has 7 heteroatoms. The molecule has 0 radical (unpaired) electrons. The van der Waals surface area contributed by atoms with Gasteiger partial charge in [0.05, 0.1) is 30.2 Å². The molecule has 162 valence electrons. The molecule has 2 saturated heterocycles. The predicted molar refractivity (Wildman–Crippen MR) is 116 cm³/mol. The maximum Gasteiger partial charge on any atom is 0.243 e. The van der Waals surface area contributed by atoms with Crippen LogP contribution in [0.3, 0.4) is 0 Å². The van der Waals surface area contributed by atoms with E-state index in [0.717, 1.165) is 32.1 Å². The average molecular weight is 439 g/mol. The van der Waals surface area contributed by atoms with Gasteiger partial charge >= 0.3 is 0 Å². The maximum atomic E-state index is 10.2. The van der Waals surface area contributed by atoms with E-state index in [0.29, 0.717) is 17.0 Å². The zero-order valence-electron chi connectivity index (χ0n) is 17.9. The van der Waals surface area contributed by atoms with Crippen LogP contribution in [0.4, 0.5) is 0 Å². The van der Waals surface area contributed by atoms with Gasteiger partial charge in [0.25, 0.3) is 0 Å². The lowest BCUT2D eigenvalue weighted by molar-refractivity contribution is -0.286. The third kappa shape index (κ3) is 3.28. The van der Waals surface area contributed by atoms with Crippen LogP contribution in [0.25, 0.3) is 0 Å². The second-order valence-corrected chi connectivity index (χ2v) is 8.88. The summed E-state index contributed by atoms with van der Waals surface area (Å²) in [5.74, 6) is -2.54. The van der Waals surface area contributed by atoms with E-state index in [1.807, 2.05) is 0 Å². The molecule has 2 heterocycles. The van der Waals surface area contributed by atoms with E-state index in [2.05, 4.69) is 25.1 Å². The van der Waals surface area contributed by atoms with Gasteiger partial charge in [0.1, 0.15) is 0 Å². The Hall–Kier alpha value is -2.59. The van der Waals surface area contributed by atoms with Crippen molar-refractivity contribution in [3.05, 3.63) is 34.9 Å². The molecule has 0 aromatic heterocycles. The number of fused-ring (bicyclic) bond motifs is 2. The molecule has 1 N–H and O–H groups in total. The van der Waals surface area contributed by atoms with Gasteiger partial charge < -0.3 is 9.47 Å². The Balaban J connectivity index is 2.02. The van der Waals surface area contributed by atoms with Gasteiger partial charge in [0.2, 0.25) is 11.7 Å². The Labute approximate surface area is 188 Å². The predicted octanol–water partition coefficient (Wildman–Crippen LogP) is 5.83. The fourth-order valence-electron chi connectivity index (χ4n) is 5.03. The minimum Gasteiger partial charge on any atom is -0.443 e. The van der Waals surface area contributed by atoms with Crippen molar-refractivity contribution in [1.82, 2.24) is 0 Å². The molecule has 4 unspecified atom stereocenters. The summed E-state index contributed by atoms with van der Waals surface area (Å²) in [6.07, 6.45) is 5.85. The van der Waals surface area contributed by atoms with E-state index in [1.54, 1.807) is 31.2 Å². The summed E-state index contributed by atoms with van der Waals surface area (Å²) >= 11 is 6.05. The van der Waals surface area contributed by atoms with E-state index in [9.17, 15) is 15.8 Å². The van der Waals surface area contributed by atoms with Gasteiger partial charge in [-0.05, 0) is 18.6 Å². The molecule has 1 aromatic rings. The average Bonchev–Trinajstić information content (AvgIpc) is 2.94. The lowest BCUT2D eigenvalue weighted by Crippen LogP contribution is -2.60. The lowest BCUT2D eigenvalue weighted by Gasteiger charge is -2.48. The number of unbranched alkanes of at least 4 members (excludes halogenated alkanes) is 5. The van der Waals surface area contributed by atoms with Crippen LogP contribution in [0.2, 0.25) is 5.02 Å². The highest BCUT2D eigenvalue weighted by Gasteiger charge is 2.79. The smallest absolute Gasteiger partial charge is 0.243 e. The third-order valence-electron chi connectivity index (χ3n) is 6.85. The highest BCUT2D eigenvalue weighted by molar-refractivity contribution is 6.30. The molecular formula is C24H27ClN4O2. The Bertz CT molecular complexity index is 944. The van der Waals surface area contributed by atoms with Crippen molar-refractivity contribution >= 4 is 17.5 Å². The zero-order valence-corrected chi connectivity index (χ0v) is 18.7. The minimum atomic E-state index is -1.83. The van der Waals surface area contributed by atoms with E-state index < -0.39 is 28.6 Å². The van der Waals surface area contributed by atoms with E-state index >= 15 is 0 Å². The van der Waals surface area contributed by atoms with Gasteiger partial charge in [-0.1, -0.05) is 76.1 Å². The van der Waals surface area contributed by atoms with Gasteiger partial charge in [-0.15, -0.1) is 0 Å². The van der Waals surface area contributed by atoms with Gasteiger partial charge in [-0.2, -0.15) is 15.8 Å². The number of nitriles is 3. The fourth-order valence-corrected chi connectivity index (χ4v) is 5.15. The molecule has 2 aliphatic rings. The molecule has 0 spiro atoms. The Kier molecular flexibility index (Phi) is 6.61. The van der Waals surface area contributed by atoms with Gasteiger partial charge in [0.15, 0.2) is 10.8 Å². The Morgan fingerprint density at radius 2 is 1.61 bits per heavy atom. The first kappa shape index (κ1) is 23.1. The number of hydrogen-bond acceptors (Lipinski definition) is 6. The Morgan fingerprint density at radius 3 is 2.19 bits per heavy atom. The molecular weight excluding hydrogens is 412 g/mol. The molecule has 0 amide bonds. The number of nitrogens with one attached hydrogen (secondary N) is 1. The first-order valence-corrected chi connectivity index (χ1v) is 11.2. The van der Waals surface area contributed by atoms with Crippen LogP contribution in [0, 0.1) is 56.2 Å². The van der Waals surface area contributed by atoms with Crippen molar-refractivity contribution in [1.29, 1.82) is 21.2 Å². The normalized spacial score (nSPS) is 30.6. The highest BCUT2D eigenvalue weighted by Crippen LogP contribution is 2.66. The van der Waals surface area contributed by atoms with Crippen LogP contribution in [0.5, 0.6) is 0 Å². The lowest BCUT2D eigenvalue weighted by atomic mass is 9.53. The highest BCUT2D eigenvalue weighted by atomic mass is 35.5. The first-order valence-electron chi connectivity index (χ1n) is 10.8. The summed E-state index contributed by atoms with van der Waals surface area (Å²) in [5.41, 5.74) is -2.93. The molecule has 0 aliphatic carbocycles. The molecule has 4 atom stereocenters. The monoisotopic (exact) mass is 438 g/mol. The molecule has 2 bridgehead atoms.